The van der Waals surface area contributed by atoms with Crippen LogP contribution in [-0.4, -0.2) is 28.8 Å². The van der Waals surface area contributed by atoms with Crippen LogP contribution in [0.15, 0.2) is 42.7 Å². The largest absolute Gasteiger partial charge is 0.348 e. The maximum atomic E-state index is 11.9. The third-order valence-electron chi connectivity index (χ3n) is 3.39. The summed E-state index contributed by atoms with van der Waals surface area (Å²) < 4.78 is 1.83. The number of hydrogen-bond acceptors (Lipinski definition) is 3. The van der Waals surface area contributed by atoms with Gasteiger partial charge in [-0.1, -0.05) is 24.3 Å². The molecule has 0 saturated carbocycles. The van der Waals surface area contributed by atoms with Crippen LogP contribution in [0.2, 0.25) is 0 Å². The van der Waals surface area contributed by atoms with Gasteiger partial charge in [-0.15, -0.1) is 0 Å². The first-order chi connectivity index (χ1) is 10.2. The second kappa shape index (κ2) is 7.59. The van der Waals surface area contributed by atoms with Gasteiger partial charge in [-0.25, -0.2) is 0 Å². The predicted molar refractivity (Wildman–Crippen MR) is 82.8 cm³/mol. The van der Waals surface area contributed by atoms with Crippen molar-refractivity contribution in [1.82, 2.24) is 20.4 Å². The number of carbonyl (C=O) groups is 1. The summed E-state index contributed by atoms with van der Waals surface area (Å²) in [6.07, 6.45) is 3.65. The smallest absolute Gasteiger partial charge is 0.234 e. The van der Waals surface area contributed by atoms with E-state index in [1.165, 1.54) is 5.56 Å². The minimum atomic E-state index is 0.00576. The topological polar surface area (TPSA) is 59.0 Å². The van der Waals surface area contributed by atoms with Crippen molar-refractivity contribution in [2.75, 3.05) is 13.1 Å². The molecular weight excluding hydrogens is 264 g/mol. The molecule has 0 radical (unpaired) electrons. The number of benzene rings is 1. The molecule has 0 saturated heterocycles. The summed E-state index contributed by atoms with van der Waals surface area (Å²) in [5.74, 6) is 0.00576. The maximum absolute atomic E-state index is 11.9. The van der Waals surface area contributed by atoms with E-state index in [-0.39, 0.29) is 11.9 Å². The molecule has 1 atom stereocenters. The Bertz CT molecular complexity index is 565. The first-order valence-electron chi connectivity index (χ1n) is 7.20. The average molecular weight is 286 g/mol. The van der Waals surface area contributed by atoms with Crippen LogP contribution in [-0.2, 0) is 11.3 Å². The van der Waals surface area contributed by atoms with Gasteiger partial charge in [0.1, 0.15) is 0 Å². The van der Waals surface area contributed by atoms with E-state index in [1.54, 1.807) is 6.20 Å². The molecule has 0 unspecified atom stereocenters. The van der Waals surface area contributed by atoms with Gasteiger partial charge in [-0.2, -0.15) is 5.10 Å². The highest BCUT2D eigenvalue weighted by Crippen LogP contribution is 2.16. The molecule has 5 nitrogen and oxygen atoms in total. The quantitative estimate of drug-likeness (QED) is 0.761. The van der Waals surface area contributed by atoms with E-state index >= 15 is 0 Å². The van der Waals surface area contributed by atoms with Crippen molar-refractivity contribution in [3.63, 3.8) is 0 Å². The van der Waals surface area contributed by atoms with E-state index < -0.39 is 0 Å². The Morgan fingerprint density at radius 1 is 1.33 bits per heavy atom. The van der Waals surface area contributed by atoms with Crippen molar-refractivity contribution in [2.24, 2.45) is 0 Å². The summed E-state index contributed by atoms with van der Waals surface area (Å²) in [6.45, 7) is 5.85. The normalized spacial score (nSPS) is 12.1. The monoisotopic (exact) mass is 286 g/mol. The van der Waals surface area contributed by atoms with E-state index in [9.17, 15) is 4.79 Å². The molecule has 1 amide bonds. The molecule has 0 aliphatic carbocycles. The molecule has 0 fully saturated rings. The van der Waals surface area contributed by atoms with Crippen LogP contribution in [0.5, 0.6) is 0 Å². The van der Waals surface area contributed by atoms with Crippen LogP contribution in [0.1, 0.15) is 24.1 Å². The molecule has 5 heteroatoms. The third kappa shape index (κ3) is 4.72. The molecule has 1 heterocycles. The third-order valence-corrected chi connectivity index (χ3v) is 3.39. The Morgan fingerprint density at radius 3 is 2.86 bits per heavy atom. The van der Waals surface area contributed by atoms with Crippen LogP contribution in [0.3, 0.4) is 0 Å². The molecule has 2 aromatic rings. The van der Waals surface area contributed by atoms with Gasteiger partial charge in [0.15, 0.2) is 0 Å². The fraction of sp³-hybridized carbons (Fsp3) is 0.375. The molecule has 1 aromatic carbocycles. The van der Waals surface area contributed by atoms with Crippen LogP contribution < -0.4 is 10.6 Å². The predicted octanol–water partition coefficient (Wildman–Crippen LogP) is 1.66. The molecular formula is C16H22N4O. The Kier molecular flexibility index (Phi) is 5.51. The molecule has 21 heavy (non-hydrogen) atoms. The lowest BCUT2D eigenvalue weighted by Gasteiger charge is -2.16. The minimum absolute atomic E-state index is 0.00576. The van der Waals surface area contributed by atoms with Crippen LogP contribution >= 0.6 is 0 Å². The van der Waals surface area contributed by atoms with Crippen molar-refractivity contribution in [3.8, 4) is 0 Å². The lowest BCUT2D eigenvalue weighted by molar-refractivity contribution is -0.120. The van der Waals surface area contributed by atoms with Gasteiger partial charge in [-0.05, 0) is 31.0 Å². The summed E-state index contributed by atoms with van der Waals surface area (Å²) in [7, 11) is 0. The number of amides is 1. The van der Waals surface area contributed by atoms with Crippen molar-refractivity contribution >= 4 is 5.91 Å². The number of hydrogen-bond donors (Lipinski definition) is 2. The number of carbonyl (C=O) groups excluding carboxylic acids is 1. The van der Waals surface area contributed by atoms with Crippen LogP contribution in [0.25, 0.3) is 0 Å². The lowest BCUT2D eigenvalue weighted by atomic mass is 10.0. The van der Waals surface area contributed by atoms with Crippen LogP contribution in [0, 0.1) is 6.92 Å². The molecule has 2 rings (SSSR count). The van der Waals surface area contributed by atoms with Gasteiger partial charge in [0.2, 0.25) is 5.91 Å². The first-order valence-corrected chi connectivity index (χ1v) is 7.20. The molecule has 0 spiro atoms. The van der Waals surface area contributed by atoms with Crippen molar-refractivity contribution < 1.29 is 4.79 Å². The Hall–Kier alpha value is -2.14. The number of rotatable bonds is 7. The van der Waals surface area contributed by atoms with Gasteiger partial charge < -0.3 is 10.6 Å². The Balaban J connectivity index is 1.70. The van der Waals surface area contributed by atoms with E-state index in [0.29, 0.717) is 13.1 Å². The maximum Gasteiger partial charge on any atom is 0.234 e. The van der Waals surface area contributed by atoms with Gasteiger partial charge >= 0.3 is 0 Å². The zero-order valence-corrected chi connectivity index (χ0v) is 12.5. The summed E-state index contributed by atoms with van der Waals surface area (Å²) in [5, 5.41) is 10.2. The lowest BCUT2D eigenvalue weighted by Crippen LogP contribution is -2.36. The molecule has 112 valence electrons. The van der Waals surface area contributed by atoms with Crippen molar-refractivity contribution in [2.45, 2.75) is 26.4 Å². The number of nitrogens with one attached hydrogen (secondary N) is 2. The zero-order chi connectivity index (χ0) is 15.1. The standard InChI is InChI=1S/C16H22N4O/c1-13-6-3-4-7-15(13)14(2)19-16(21)12-17-9-11-20-10-5-8-18-20/h3-8,10,14,17H,9,11-12H2,1-2H3,(H,19,21)/t14-/m1/s1. The van der Waals surface area contributed by atoms with Gasteiger partial charge in [0.05, 0.1) is 19.1 Å². The van der Waals surface area contributed by atoms with E-state index in [4.69, 9.17) is 0 Å². The molecule has 0 aliphatic heterocycles. The summed E-state index contributed by atoms with van der Waals surface area (Å²) >= 11 is 0. The highest BCUT2D eigenvalue weighted by atomic mass is 16.1. The number of aryl methyl sites for hydroxylation is 1. The number of aromatic nitrogens is 2. The fourth-order valence-corrected chi connectivity index (χ4v) is 2.27. The summed E-state index contributed by atoms with van der Waals surface area (Å²) in [6, 6.07) is 10.0. The zero-order valence-electron chi connectivity index (χ0n) is 12.5. The molecule has 0 bridgehead atoms. The highest BCUT2D eigenvalue weighted by Gasteiger charge is 2.10. The molecule has 1 aromatic heterocycles. The SMILES string of the molecule is Cc1ccccc1[C@@H](C)NC(=O)CNCCn1cccn1. The second-order valence-corrected chi connectivity index (χ2v) is 5.09. The van der Waals surface area contributed by atoms with Crippen LogP contribution in [0.4, 0.5) is 0 Å². The first kappa shape index (κ1) is 15.3. The van der Waals surface area contributed by atoms with Crippen molar-refractivity contribution in [3.05, 3.63) is 53.9 Å². The van der Waals surface area contributed by atoms with Crippen molar-refractivity contribution in [1.29, 1.82) is 0 Å². The summed E-state index contributed by atoms with van der Waals surface area (Å²) in [5.41, 5.74) is 2.35. The van der Waals surface area contributed by atoms with Gasteiger partial charge in [0, 0.05) is 18.9 Å². The second-order valence-electron chi connectivity index (χ2n) is 5.09. The summed E-state index contributed by atoms with van der Waals surface area (Å²) in [4.78, 5) is 11.9. The molecule has 0 aliphatic rings. The Morgan fingerprint density at radius 2 is 2.14 bits per heavy atom. The van der Waals surface area contributed by atoms with E-state index in [1.807, 2.05) is 42.1 Å². The van der Waals surface area contributed by atoms with E-state index in [0.717, 1.165) is 12.1 Å². The highest BCUT2D eigenvalue weighted by molar-refractivity contribution is 5.78. The Labute approximate surface area is 125 Å². The van der Waals surface area contributed by atoms with Gasteiger partial charge in [0.25, 0.3) is 0 Å². The minimum Gasteiger partial charge on any atom is -0.348 e. The van der Waals surface area contributed by atoms with E-state index in [2.05, 4.69) is 28.7 Å². The molecule has 2 N–H and O–H groups in total. The fourth-order valence-electron chi connectivity index (χ4n) is 2.27. The number of nitrogens with zero attached hydrogens (tertiary/aromatic N) is 2. The average Bonchev–Trinajstić information content (AvgIpc) is 2.97. The van der Waals surface area contributed by atoms with Gasteiger partial charge in [-0.3, -0.25) is 9.48 Å².